The second-order valence-corrected chi connectivity index (χ2v) is 7.95. The fourth-order valence-corrected chi connectivity index (χ4v) is 4.09. The van der Waals surface area contributed by atoms with E-state index in [9.17, 15) is 24.4 Å². The van der Waals surface area contributed by atoms with Crippen LogP contribution < -0.4 is 10.5 Å². The highest BCUT2D eigenvalue weighted by atomic mass is 16.8. The molecular weight excluding hydrogens is 456 g/mol. The summed E-state index contributed by atoms with van der Waals surface area (Å²) >= 11 is 0. The van der Waals surface area contributed by atoms with Crippen LogP contribution in [-0.4, -0.2) is 79.6 Å². The molecule has 184 valence electrons. The Balaban J connectivity index is 1.77. The lowest BCUT2D eigenvalue weighted by Gasteiger charge is -2.26. The molecule has 2 aliphatic rings. The fourth-order valence-electron chi connectivity index (χ4n) is 4.09. The number of piperidine rings is 1. The van der Waals surface area contributed by atoms with E-state index in [1.54, 1.807) is 0 Å². The van der Waals surface area contributed by atoms with Gasteiger partial charge in [-0.05, 0) is 19.3 Å². The quantitative estimate of drug-likeness (QED) is 0.329. The molecule has 0 radical (unpaired) electrons. The molecule has 0 spiro atoms. The standard InChI is InChI=1S/C19H24N6O9/c1-9(26)31-14-15(32-10(2)27)19(33-11(3)28)34-18(14)24-17(29)13-12(20-22-24)16(21-25(13)30)23-7-5-4-6-8-23/h14-15,18-19,30H,4-8H2,1-3H3. The van der Waals surface area contributed by atoms with Crippen molar-refractivity contribution in [2.24, 2.45) is 0 Å². The average molecular weight is 480 g/mol. The largest absolute Gasteiger partial charge is 0.453 e. The molecule has 0 aliphatic carbocycles. The number of ether oxygens (including phenoxy) is 4. The molecule has 2 aliphatic heterocycles. The maximum Gasteiger partial charge on any atom is 0.305 e. The highest BCUT2D eigenvalue weighted by Gasteiger charge is 2.53. The van der Waals surface area contributed by atoms with Crippen molar-refractivity contribution in [3.63, 3.8) is 0 Å². The van der Waals surface area contributed by atoms with Crippen LogP contribution in [0.15, 0.2) is 4.79 Å². The van der Waals surface area contributed by atoms with Crippen molar-refractivity contribution in [1.29, 1.82) is 0 Å². The molecule has 15 heteroatoms. The van der Waals surface area contributed by atoms with Crippen LogP contribution in [0.2, 0.25) is 0 Å². The van der Waals surface area contributed by atoms with Gasteiger partial charge >= 0.3 is 23.5 Å². The van der Waals surface area contributed by atoms with Crippen LogP contribution in [0, 0.1) is 0 Å². The summed E-state index contributed by atoms with van der Waals surface area (Å²) in [6.45, 7) is 4.68. The molecule has 4 heterocycles. The number of rotatable bonds is 5. The summed E-state index contributed by atoms with van der Waals surface area (Å²) in [5.74, 6) is -2.00. The van der Waals surface area contributed by atoms with Gasteiger partial charge in [0, 0.05) is 33.9 Å². The van der Waals surface area contributed by atoms with Crippen LogP contribution in [0.5, 0.6) is 0 Å². The number of esters is 3. The van der Waals surface area contributed by atoms with Crippen molar-refractivity contribution < 1.29 is 38.5 Å². The minimum atomic E-state index is -1.50. The number of hydrogen-bond donors (Lipinski definition) is 1. The molecule has 0 amide bonds. The first-order valence-electron chi connectivity index (χ1n) is 10.7. The normalized spacial score (nSPS) is 24.7. The third-order valence-electron chi connectivity index (χ3n) is 5.41. The average Bonchev–Trinajstić information content (AvgIpc) is 3.26. The van der Waals surface area contributed by atoms with E-state index in [4.69, 9.17) is 18.9 Å². The van der Waals surface area contributed by atoms with E-state index in [0.717, 1.165) is 40.0 Å². The molecule has 15 nitrogen and oxygen atoms in total. The fraction of sp³-hybridized carbons (Fsp3) is 0.632. The van der Waals surface area contributed by atoms with Crippen molar-refractivity contribution in [1.82, 2.24) is 24.9 Å². The number of nitrogens with zero attached hydrogens (tertiary/aromatic N) is 6. The molecule has 2 aromatic heterocycles. The van der Waals surface area contributed by atoms with E-state index in [0.29, 0.717) is 28.4 Å². The molecule has 4 atom stereocenters. The number of carbonyl (C=O) groups is 3. The van der Waals surface area contributed by atoms with Gasteiger partial charge < -0.3 is 29.1 Å². The molecule has 4 rings (SSSR count). The number of anilines is 1. The van der Waals surface area contributed by atoms with Gasteiger partial charge in [0.1, 0.15) is 0 Å². The van der Waals surface area contributed by atoms with Gasteiger partial charge in [-0.25, -0.2) is 0 Å². The third kappa shape index (κ3) is 4.37. The maximum atomic E-state index is 13.3. The van der Waals surface area contributed by atoms with E-state index in [2.05, 4.69) is 15.4 Å². The van der Waals surface area contributed by atoms with Crippen LogP contribution in [0.3, 0.4) is 0 Å². The first-order valence-corrected chi connectivity index (χ1v) is 10.7. The van der Waals surface area contributed by atoms with Crippen molar-refractivity contribution in [2.45, 2.75) is 64.8 Å². The van der Waals surface area contributed by atoms with Gasteiger partial charge in [-0.3, -0.25) is 19.2 Å². The van der Waals surface area contributed by atoms with Crippen LogP contribution in [-0.2, 0) is 33.3 Å². The smallest absolute Gasteiger partial charge is 0.305 e. The topological polar surface area (TPSA) is 177 Å². The number of hydrogen-bond acceptors (Lipinski definition) is 13. The zero-order valence-corrected chi connectivity index (χ0v) is 18.7. The van der Waals surface area contributed by atoms with Crippen molar-refractivity contribution in [3.8, 4) is 0 Å². The van der Waals surface area contributed by atoms with Crippen molar-refractivity contribution >= 4 is 34.8 Å². The summed E-state index contributed by atoms with van der Waals surface area (Å²) in [4.78, 5) is 50.6. The first kappa shape index (κ1) is 23.4. The van der Waals surface area contributed by atoms with E-state index >= 15 is 0 Å². The van der Waals surface area contributed by atoms with Crippen LogP contribution >= 0.6 is 0 Å². The Bertz CT molecular complexity index is 1170. The van der Waals surface area contributed by atoms with Crippen LogP contribution in [0.25, 0.3) is 11.0 Å². The van der Waals surface area contributed by atoms with Gasteiger partial charge in [-0.2, -0.15) is 4.68 Å². The summed E-state index contributed by atoms with van der Waals surface area (Å²) in [5.41, 5.74) is -1.06. The lowest BCUT2D eigenvalue weighted by molar-refractivity contribution is -0.199. The molecule has 2 fully saturated rings. The molecule has 0 aromatic carbocycles. The Hall–Kier alpha value is -3.75. The van der Waals surface area contributed by atoms with E-state index < -0.39 is 48.2 Å². The zero-order valence-electron chi connectivity index (χ0n) is 18.7. The number of fused-ring (bicyclic) bond motifs is 1. The van der Waals surface area contributed by atoms with E-state index in [-0.39, 0.29) is 11.0 Å². The predicted molar refractivity (Wildman–Crippen MR) is 110 cm³/mol. The minimum Gasteiger partial charge on any atom is -0.453 e. The summed E-state index contributed by atoms with van der Waals surface area (Å²) in [5, 5.41) is 22.4. The van der Waals surface area contributed by atoms with Gasteiger partial charge in [0.15, 0.2) is 23.0 Å². The van der Waals surface area contributed by atoms with Gasteiger partial charge in [0.05, 0.1) is 0 Å². The second-order valence-electron chi connectivity index (χ2n) is 7.95. The molecule has 0 bridgehead atoms. The Kier molecular flexibility index (Phi) is 6.37. The summed E-state index contributed by atoms with van der Waals surface area (Å²) in [6.07, 6.45) is -2.86. The lowest BCUT2D eigenvalue weighted by Crippen LogP contribution is -2.42. The number of carbonyl (C=O) groups excluding carboxylic acids is 3. The van der Waals surface area contributed by atoms with Crippen molar-refractivity contribution in [3.05, 3.63) is 10.4 Å². The Labute approximate surface area is 192 Å². The molecule has 0 saturated carbocycles. The van der Waals surface area contributed by atoms with Gasteiger partial charge in [0.2, 0.25) is 18.6 Å². The Morgan fingerprint density at radius 3 is 2.21 bits per heavy atom. The Morgan fingerprint density at radius 2 is 1.59 bits per heavy atom. The monoisotopic (exact) mass is 480 g/mol. The Morgan fingerprint density at radius 1 is 0.971 bits per heavy atom. The van der Waals surface area contributed by atoms with Gasteiger partial charge in [-0.15, -0.1) is 10.2 Å². The molecule has 1 N–H and O–H groups in total. The zero-order chi connectivity index (χ0) is 24.6. The predicted octanol–water partition coefficient (Wildman–Crippen LogP) is -0.503. The molecule has 34 heavy (non-hydrogen) atoms. The molecular formula is C19H24N6O9. The first-order chi connectivity index (χ1) is 16.2. The molecule has 4 unspecified atom stereocenters. The highest BCUT2D eigenvalue weighted by Crippen LogP contribution is 2.34. The van der Waals surface area contributed by atoms with E-state index in [1.807, 2.05) is 4.90 Å². The van der Waals surface area contributed by atoms with E-state index in [1.165, 1.54) is 0 Å². The van der Waals surface area contributed by atoms with Gasteiger partial charge in [0.25, 0.3) is 0 Å². The SMILES string of the molecule is CC(=O)OC1OC(n2nnc3c(N4CCCCC4)nn(O)c3c2=O)C(OC(C)=O)C1OC(C)=O. The summed E-state index contributed by atoms with van der Waals surface area (Å²) < 4.78 is 21.8. The third-order valence-corrected chi connectivity index (χ3v) is 5.41. The van der Waals surface area contributed by atoms with Crippen LogP contribution in [0.1, 0.15) is 46.3 Å². The minimum absolute atomic E-state index is 0.0840. The van der Waals surface area contributed by atoms with Crippen LogP contribution in [0.4, 0.5) is 5.82 Å². The maximum absolute atomic E-state index is 13.3. The summed E-state index contributed by atoms with van der Waals surface area (Å²) in [7, 11) is 0. The lowest BCUT2D eigenvalue weighted by atomic mass is 10.1. The van der Waals surface area contributed by atoms with Gasteiger partial charge in [-0.1, -0.05) is 10.1 Å². The molecule has 2 saturated heterocycles. The highest BCUT2D eigenvalue weighted by molar-refractivity contribution is 5.85. The summed E-state index contributed by atoms with van der Waals surface area (Å²) in [6, 6.07) is 0. The molecule has 2 aromatic rings. The second kappa shape index (κ2) is 9.24. The number of aromatic nitrogens is 5. The van der Waals surface area contributed by atoms with Crippen molar-refractivity contribution in [2.75, 3.05) is 18.0 Å².